The largest absolute Gasteiger partial charge is 0.497 e. The molecule has 1 aliphatic carbocycles. The fraction of sp³-hybridized carbons (Fsp3) is 0.760. The second-order valence-electron chi connectivity index (χ2n) is 10.6. The van der Waals surface area contributed by atoms with Gasteiger partial charge in [0.2, 0.25) is 0 Å². The Labute approximate surface area is 236 Å². The van der Waals surface area contributed by atoms with Crippen LogP contribution in [0.4, 0.5) is 0 Å². The van der Waals surface area contributed by atoms with E-state index < -0.39 is 91.7 Å². The molecule has 1 aromatic carbocycles. The number of hydrogen-bond donors (Lipinski definition) is 10. The molecule has 3 aliphatic rings. The molecule has 3 fully saturated rings. The van der Waals surface area contributed by atoms with Gasteiger partial charge < -0.3 is 82.0 Å². The highest BCUT2D eigenvalue weighted by Crippen LogP contribution is 2.31. The molecule has 2 heterocycles. The molecule has 0 bridgehead atoms. The molecule has 4 rings (SSSR count). The molecule has 16 nitrogen and oxygen atoms in total. The highest BCUT2D eigenvalue weighted by atomic mass is 16.7. The van der Waals surface area contributed by atoms with Crippen molar-refractivity contribution in [1.82, 2.24) is 0 Å². The van der Waals surface area contributed by atoms with Crippen molar-refractivity contribution < 1.29 is 59.1 Å². The summed E-state index contributed by atoms with van der Waals surface area (Å²) in [5, 5.41) is 63.1. The van der Waals surface area contributed by atoms with Gasteiger partial charge in [0, 0.05) is 18.6 Å². The van der Waals surface area contributed by atoms with Gasteiger partial charge in [-0.05, 0) is 30.7 Å². The Morgan fingerprint density at radius 3 is 1.80 bits per heavy atom. The van der Waals surface area contributed by atoms with E-state index in [9.17, 15) is 30.6 Å². The first-order valence-electron chi connectivity index (χ1n) is 13.4. The van der Waals surface area contributed by atoms with Crippen LogP contribution in [0.1, 0.15) is 6.42 Å². The van der Waals surface area contributed by atoms with Crippen LogP contribution in [0.5, 0.6) is 11.5 Å². The lowest BCUT2D eigenvalue weighted by atomic mass is 9.84. The quantitative estimate of drug-likeness (QED) is 0.129. The molecule has 1 aromatic rings. The average Bonchev–Trinajstić information content (AvgIpc) is 2.96. The Morgan fingerprint density at radius 2 is 1.24 bits per heavy atom. The van der Waals surface area contributed by atoms with E-state index in [0.717, 1.165) is 0 Å². The van der Waals surface area contributed by atoms with Crippen molar-refractivity contribution in [3.05, 3.63) is 24.3 Å². The molecular weight excluding hydrogens is 548 g/mol. The minimum atomic E-state index is -1.67. The maximum Gasteiger partial charge on any atom is 0.187 e. The highest BCUT2D eigenvalue weighted by Gasteiger charge is 2.51. The standard InChI is InChI=1S/C25H42N4O12/c1-36-9-2-4-10(5-3-9)37-8-14-16(30)15(29)18(32)24(39-14)40-22-11(27)6-12(28)23(21(22)35)41-25-20(34)19(33)17(31)13(7-26)38-25/h2-5,11-25,30-35H,6-8,26-29H2,1H3/t11?,12?,13?,14-,15-,16?,17-,18-,19+,20?,21-,22-,23?,24?,25-/m1/s1. The maximum atomic E-state index is 11.2. The van der Waals surface area contributed by atoms with Crippen LogP contribution in [0.25, 0.3) is 0 Å². The molecule has 7 unspecified atom stereocenters. The van der Waals surface area contributed by atoms with Gasteiger partial charge in [0.15, 0.2) is 12.6 Å². The zero-order valence-corrected chi connectivity index (χ0v) is 22.5. The van der Waals surface area contributed by atoms with Gasteiger partial charge in [-0.15, -0.1) is 0 Å². The van der Waals surface area contributed by atoms with E-state index in [1.807, 2.05) is 0 Å². The van der Waals surface area contributed by atoms with Crippen molar-refractivity contribution in [2.45, 2.75) is 98.2 Å². The Morgan fingerprint density at radius 1 is 0.707 bits per heavy atom. The van der Waals surface area contributed by atoms with E-state index in [0.29, 0.717) is 11.5 Å². The Hall–Kier alpha value is -1.74. The number of ether oxygens (including phenoxy) is 6. The summed E-state index contributed by atoms with van der Waals surface area (Å²) in [5.41, 5.74) is 24.1. The van der Waals surface area contributed by atoms with Gasteiger partial charge in [-0.3, -0.25) is 0 Å². The molecule has 1 saturated carbocycles. The lowest BCUT2D eigenvalue weighted by Crippen LogP contribution is -2.68. The van der Waals surface area contributed by atoms with Gasteiger partial charge >= 0.3 is 0 Å². The first-order chi connectivity index (χ1) is 19.5. The fourth-order valence-electron chi connectivity index (χ4n) is 5.24. The van der Waals surface area contributed by atoms with E-state index in [1.165, 1.54) is 7.11 Å². The number of aliphatic hydroxyl groups excluding tert-OH is 6. The molecule has 41 heavy (non-hydrogen) atoms. The van der Waals surface area contributed by atoms with E-state index in [1.54, 1.807) is 24.3 Å². The summed E-state index contributed by atoms with van der Waals surface area (Å²) in [6.07, 6.45) is -16.4. The number of rotatable bonds is 9. The minimum Gasteiger partial charge on any atom is -0.497 e. The van der Waals surface area contributed by atoms with Gasteiger partial charge in [0.05, 0.1) is 13.2 Å². The molecule has 0 amide bonds. The minimum absolute atomic E-state index is 0.0855. The third-order valence-corrected chi connectivity index (χ3v) is 7.78. The molecule has 14 N–H and O–H groups in total. The topological polar surface area (TPSA) is 281 Å². The normalized spacial score (nSPS) is 45.3. The summed E-state index contributed by atoms with van der Waals surface area (Å²) in [7, 11) is 1.53. The molecule has 0 radical (unpaired) electrons. The van der Waals surface area contributed by atoms with Crippen molar-refractivity contribution in [2.24, 2.45) is 22.9 Å². The van der Waals surface area contributed by atoms with Gasteiger partial charge in [-0.1, -0.05) is 0 Å². The number of methoxy groups -OCH3 is 1. The predicted octanol–water partition coefficient (Wildman–Crippen LogP) is -5.20. The van der Waals surface area contributed by atoms with Crippen LogP contribution in [0.15, 0.2) is 24.3 Å². The van der Waals surface area contributed by atoms with Crippen LogP contribution in [-0.4, -0.2) is 143 Å². The number of nitrogens with two attached hydrogens (primary N) is 4. The number of aliphatic hydroxyl groups is 6. The van der Waals surface area contributed by atoms with Gasteiger partial charge in [0.1, 0.15) is 79.1 Å². The highest BCUT2D eigenvalue weighted by molar-refractivity contribution is 5.31. The summed E-state index contributed by atoms with van der Waals surface area (Å²) >= 11 is 0. The molecule has 2 saturated heterocycles. The molecule has 0 spiro atoms. The third-order valence-electron chi connectivity index (χ3n) is 7.78. The summed E-state index contributed by atoms with van der Waals surface area (Å²) < 4.78 is 33.8. The van der Waals surface area contributed by atoms with E-state index in [4.69, 9.17) is 51.4 Å². The van der Waals surface area contributed by atoms with Gasteiger partial charge in [0.25, 0.3) is 0 Å². The molecule has 2 aliphatic heterocycles. The lowest BCUT2D eigenvalue weighted by Gasteiger charge is -2.48. The van der Waals surface area contributed by atoms with Crippen molar-refractivity contribution in [3.63, 3.8) is 0 Å². The van der Waals surface area contributed by atoms with Crippen LogP contribution >= 0.6 is 0 Å². The molecule has 0 aromatic heterocycles. The Bertz CT molecular complexity index is 963. The van der Waals surface area contributed by atoms with Crippen molar-refractivity contribution >= 4 is 0 Å². The van der Waals surface area contributed by atoms with Gasteiger partial charge in [-0.2, -0.15) is 0 Å². The zero-order chi connectivity index (χ0) is 30.0. The predicted molar refractivity (Wildman–Crippen MR) is 139 cm³/mol. The lowest BCUT2D eigenvalue weighted by molar-refractivity contribution is -0.331. The first-order valence-corrected chi connectivity index (χ1v) is 13.4. The van der Waals surface area contributed by atoms with Crippen LogP contribution in [0.2, 0.25) is 0 Å². The Kier molecular flexibility index (Phi) is 10.8. The number of benzene rings is 1. The summed E-state index contributed by atoms with van der Waals surface area (Å²) in [6, 6.07) is 3.86. The summed E-state index contributed by atoms with van der Waals surface area (Å²) in [6.45, 7) is -0.315. The van der Waals surface area contributed by atoms with Crippen molar-refractivity contribution in [3.8, 4) is 11.5 Å². The van der Waals surface area contributed by atoms with Crippen LogP contribution in [0, 0.1) is 0 Å². The SMILES string of the molecule is COc1ccc(OC[C@H]2OC(O[C@@H]3C(N)CC(N)C(O[C@H]4OC(CN)[C@@H](O)[C@H](O)C4O)[C@@H]3O)[C@H](O)[C@H](N)C2O)cc1. The average molecular weight is 591 g/mol. The first kappa shape index (κ1) is 32.2. The second-order valence-corrected chi connectivity index (χ2v) is 10.6. The van der Waals surface area contributed by atoms with E-state index in [-0.39, 0.29) is 19.6 Å². The van der Waals surface area contributed by atoms with Crippen molar-refractivity contribution in [2.75, 3.05) is 20.3 Å². The maximum absolute atomic E-state index is 11.2. The Balaban J connectivity index is 1.43. The number of hydrogen-bond acceptors (Lipinski definition) is 16. The van der Waals surface area contributed by atoms with Gasteiger partial charge in [-0.25, -0.2) is 0 Å². The molecule has 15 atom stereocenters. The molecule has 234 valence electrons. The molecular formula is C25H42N4O12. The smallest absolute Gasteiger partial charge is 0.187 e. The van der Waals surface area contributed by atoms with Crippen LogP contribution in [0.3, 0.4) is 0 Å². The second kappa shape index (κ2) is 13.7. The van der Waals surface area contributed by atoms with Crippen molar-refractivity contribution in [1.29, 1.82) is 0 Å². The fourth-order valence-corrected chi connectivity index (χ4v) is 5.24. The summed E-state index contributed by atoms with van der Waals surface area (Å²) in [5.74, 6) is 1.10. The summed E-state index contributed by atoms with van der Waals surface area (Å²) in [4.78, 5) is 0. The van der Waals surface area contributed by atoms with Crippen LogP contribution in [-0.2, 0) is 18.9 Å². The zero-order valence-electron chi connectivity index (χ0n) is 22.5. The monoisotopic (exact) mass is 590 g/mol. The van der Waals surface area contributed by atoms with Crippen LogP contribution < -0.4 is 32.4 Å². The van der Waals surface area contributed by atoms with E-state index in [2.05, 4.69) is 0 Å². The van der Waals surface area contributed by atoms with E-state index >= 15 is 0 Å². The third kappa shape index (κ3) is 6.92. The molecule has 16 heteroatoms.